The van der Waals surface area contributed by atoms with E-state index in [-0.39, 0.29) is 0 Å². The Balaban J connectivity index is 3.05. The van der Waals surface area contributed by atoms with Gasteiger partial charge in [-0.3, -0.25) is 0 Å². The minimum Gasteiger partial charge on any atom is -0.328 e. The molecule has 0 amide bonds. The molecule has 0 atom stereocenters. The van der Waals surface area contributed by atoms with E-state index in [0.29, 0.717) is 4.73 Å². The highest BCUT2D eigenvalue weighted by molar-refractivity contribution is 9.10. The molecular weight excluding hydrogens is 148 g/mol. The summed E-state index contributed by atoms with van der Waals surface area (Å²) in [5, 5.41) is 3.29. The van der Waals surface area contributed by atoms with Gasteiger partial charge in [-0.15, -0.1) is 0 Å². The van der Waals surface area contributed by atoms with Gasteiger partial charge in [0.1, 0.15) is 0 Å². The van der Waals surface area contributed by atoms with E-state index in [2.05, 4.69) is 37.0 Å². The molecule has 0 aliphatic heterocycles. The van der Waals surface area contributed by atoms with Crippen LogP contribution in [-0.4, -0.2) is 10.1 Å². The van der Waals surface area contributed by atoms with Crippen LogP contribution in [0.25, 0.3) is 0 Å². The Labute approximate surface area is 42.5 Å². The summed E-state index contributed by atoms with van der Waals surface area (Å²) in [7, 11) is 0. The van der Waals surface area contributed by atoms with Crippen LogP contribution in [0.2, 0.25) is 0 Å². The van der Waals surface area contributed by atoms with Crippen molar-refractivity contribution >= 4 is 15.9 Å². The zero-order chi connectivity index (χ0) is 4.41. The van der Waals surface area contributed by atoms with Gasteiger partial charge >= 0.3 is 6.39 Å². The second-order valence-electron chi connectivity index (χ2n) is 0.655. The molecule has 0 aliphatic rings. The molecule has 0 unspecified atom stereocenters. The number of nitrogens with zero attached hydrogens (tertiary/aromatic N) is 2. The second-order valence-corrected chi connectivity index (χ2v) is 1.36. The summed E-state index contributed by atoms with van der Waals surface area (Å²) < 4.78 is 4.61. The Morgan fingerprint density at radius 2 is 2.67 bits per heavy atom. The van der Waals surface area contributed by atoms with Crippen molar-refractivity contribution in [2.24, 2.45) is 0 Å². The Kier molecular flexibility index (Phi) is 0.874. The van der Waals surface area contributed by atoms with Crippen LogP contribution < -0.4 is 0 Å². The van der Waals surface area contributed by atoms with E-state index < -0.39 is 0 Å². The molecule has 1 aromatic rings. The number of hydrogen-bond acceptors (Lipinski definition) is 3. The molecule has 0 saturated heterocycles. The van der Waals surface area contributed by atoms with Crippen molar-refractivity contribution in [3.8, 4) is 0 Å². The Morgan fingerprint density at radius 3 is 2.83 bits per heavy atom. The molecule has 0 spiro atoms. The van der Waals surface area contributed by atoms with Crippen molar-refractivity contribution in [1.29, 1.82) is 0 Å². The lowest BCUT2D eigenvalue weighted by Gasteiger charge is -1.56. The van der Waals surface area contributed by atoms with Crippen LogP contribution in [0.4, 0.5) is 0 Å². The van der Waals surface area contributed by atoms with Gasteiger partial charge in [-0.2, -0.15) is 4.98 Å². The zero-order valence-corrected chi connectivity index (χ0v) is 4.27. The topological polar surface area (TPSA) is 38.9 Å². The SMILES string of the molecule is Brc1n[c]on1. The van der Waals surface area contributed by atoms with Crippen molar-refractivity contribution < 1.29 is 4.52 Å². The van der Waals surface area contributed by atoms with E-state index in [1.165, 1.54) is 0 Å². The van der Waals surface area contributed by atoms with Gasteiger partial charge in [0.05, 0.1) is 0 Å². The summed E-state index contributed by atoms with van der Waals surface area (Å²) in [4.78, 5) is 3.43. The van der Waals surface area contributed by atoms with Crippen molar-refractivity contribution in [3.05, 3.63) is 11.1 Å². The first-order valence-corrected chi connectivity index (χ1v) is 2.04. The molecular formula is C2BrN2O. The van der Waals surface area contributed by atoms with Gasteiger partial charge < -0.3 is 4.52 Å². The fourth-order valence-electron chi connectivity index (χ4n) is 0.137. The van der Waals surface area contributed by atoms with E-state index in [4.69, 9.17) is 0 Å². The van der Waals surface area contributed by atoms with Crippen LogP contribution in [-0.2, 0) is 0 Å². The largest absolute Gasteiger partial charge is 0.328 e. The first kappa shape index (κ1) is 3.80. The molecule has 0 saturated carbocycles. The highest BCUT2D eigenvalue weighted by Crippen LogP contribution is 1.94. The highest BCUT2D eigenvalue weighted by atomic mass is 79.9. The van der Waals surface area contributed by atoms with E-state index >= 15 is 0 Å². The van der Waals surface area contributed by atoms with Crippen LogP contribution in [0.3, 0.4) is 0 Å². The van der Waals surface area contributed by atoms with Crippen LogP contribution in [0.1, 0.15) is 0 Å². The molecule has 1 radical (unpaired) electrons. The van der Waals surface area contributed by atoms with Gasteiger partial charge in [-0.05, 0) is 21.1 Å². The van der Waals surface area contributed by atoms with Gasteiger partial charge in [0.2, 0.25) is 4.73 Å². The first-order valence-electron chi connectivity index (χ1n) is 1.25. The Morgan fingerprint density at radius 1 is 1.83 bits per heavy atom. The van der Waals surface area contributed by atoms with Crippen LogP contribution in [0, 0.1) is 6.39 Å². The Hall–Kier alpha value is -0.380. The summed E-state index contributed by atoms with van der Waals surface area (Å²) in [6.07, 6.45) is 2.15. The van der Waals surface area contributed by atoms with E-state index in [1.807, 2.05) is 0 Å². The third-order valence-corrected chi connectivity index (χ3v) is 0.622. The summed E-state index contributed by atoms with van der Waals surface area (Å²) >= 11 is 2.93. The predicted octanol–water partition coefficient (Wildman–Crippen LogP) is 0.632. The number of rotatable bonds is 0. The van der Waals surface area contributed by atoms with E-state index in [0.717, 1.165) is 0 Å². The molecule has 0 fully saturated rings. The molecule has 4 heteroatoms. The first-order chi connectivity index (χ1) is 2.89. The van der Waals surface area contributed by atoms with Gasteiger partial charge in [0.15, 0.2) is 0 Å². The maximum Gasteiger partial charge on any atom is 0.317 e. The normalized spacial score (nSPS) is 8.83. The lowest BCUT2D eigenvalue weighted by molar-refractivity contribution is 0.406. The summed E-state index contributed by atoms with van der Waals surface area (Å²) in [5.74, 6) is 0. The molecule has 3 nitrogen and oxygen atoms in total. The average molecular weight is 148 g/mol. The molecule has 6 heavy (non-hydrogen) atoms. The number of aromatic nitrogens is 2. The summed E-state index contributed by atoms with van der Waals surface area (Å²) in [6, 6.07) is 0. The molecule has 0 aliphatic carbocycles. The van der Waals surface area contributed by atoms with Crippen molar-refractivity contribution in [2.45, 2.75) is 0 Å². The van der Waals surface area contributed by atoms with Gasteiger partial charge in [0.25, 0.3) is 0 Å². The molecule has 0 N–H and O–H groups in total. The second kappa shape index (κ2) is 1.38. The molecule has 31 valence electrons. The molecule has 1 heterocycles. The van der Waals surface area contributed by atoms with Crippen LogP contribution >= 0.6 is 15.9 Å². The summed E-state index contributed by atoms with van der Waals surface area (Å²) in [6.45, 7) is 0. The smallest absolute Gasteiger partial charge is 0.317 e. The highest BCUT2D eigenvalue weighted by Gasteiger charge is 1.84. The molecule has 1 rings (SSSR count). The maximum atomic E-state index is 4.18. The van der Waals surface area contributed by atoms with Crippen molar-refractivity contribution in [2.75, 3.05) is 0 Å². The molecule has 0 aromatic carbocycles. The number of halogens is 1. The number of hydrogen-bond donors (Lipinski definition) is 0. The lowest BCUT2D eigenvalue weighted by atomic mass is 11.3. The third kappa shape index (κ3) is 0.567. The lowest BCUT2D eigenvalue weighted by Crippen LogP contribution is -1.57. The average Bonchev–Trinajstić information content (AvgIpc) is 1.86. The van der Waals surface area contributed by atoms with E-state index in [1.54, 1.807) is 0 Å². The zero-order valence-electron chi connectivity index (χ0n) is 2.68. The van der Waals surface area contributed by atoms with Crippen molar-refractivity contribution in [1.82, 2.24) is 10.1 Å². The van der Waals surface area contributed by atoms with Crippen LogP contribution in [0.5, 0.6) is 0 Å². The van der Waals surface area contributed by atoms with Gasteiger partial charge in [-0.25, -0.2) is 0 Å². The maximum absolute atomic E-state index is 4.18. The van der Waals surface area contributed by atoms with Crippen LogP contribution in [0.15, 0.2) is 9.26 Å². The molecule has 1 aromatic heterocycles. The summed E-state index contributed by atoms with van der Waals surface area (Å²) in [5.41, 5.74) is 0. The predicted molar refractivity (Wildman–Crippen MR) is 20.8 cm³/mol. The van der Waals surface area contributed by atoms with Gasteiger partial charge in [0, 0.05) is 0 Å². The minimum absolute atomic E-state index is 0.433. The van der Waals surface area contributed by atoms with E-state index in [9.17, 15) is 0 Å². The van der Waals surface area contributed by atoms with Crippen molar-refractivity contribution in [3.63, 3.8) is 0 Å². The third-order valence-electron chi connectivity index (χ3n) is 0.300. The molecule has 0 bridgehead atoms. The monoisotopic (exact) mass is 147 g/mol. The minimum atomic E-state index is 0.433. The standard InChI is InChI=1S/C2BrN2O/c3-2-4-1-6-5-2. The fraction of sp³-hybridized carbons (Fsp3) is 0. The fourth-order valence-corrected chi connectivity index (χ4v) is 0.281. The quantitative estimate of drug-likeness (QED) is 0.541. The van der Waals surface area contributed by atoms with Gasteiger partial charge in [-0.1, -0.05) is 0 Å². The Bertz CT molecular complexity index is 115.